The molecule has 4 aromatic rings. The van der Waals surface area contributed by atoms with Gasteiger partial charge in [-0.05, 0) is 35.4 Å². The molecule has 0 aliphatic carbocycles. The number of hydrogen-bond donors (Lipinski definition) is 0. The van der Waals surface area contributed by atoms with Crippen LogP contribution >= 0.6 is 11.8 Å². The summed E-state index contributed by atoms with van der Waals surface area (Å²) in [6.07, 6.45) is 0. The Morgan fingerprint density at radius 1 is 0.448 bits per heavy atom. The Morgan fingerprint density at radius 2 is 0.828 bits per heavy atom. The fourth-order valence-electron chi connectivity index (χ4n) is 3.08. The van der Waals surface area contributed by atoms with Gasteiger partial charge in [0.25, 0.3) is 0 Å². The van der Waals surface area contributed by atoms with Crippen LogP contribution in [-0.2, 0) is 0 Å². The van der Waals surface area contributed by atoms with E-state index in [-0.39, 0.29) is 20.9 Å². The van der Waals surface area contributed by atoms with E-state index in [0.29, 0.717) is 11.1 Å². The lowest BCUT2D eigenvalue weighted by Gasteiger charge is -2.12. The van der Waals surface area contributed by atoms with Crippen LogP contribution in [0, 0.1) is 23.3 Å². The lowest BCUT2D eigenvalue weighted by Crippen LogP contribution is -1.95. The van der Waals surface area contributed by atoms with E-state index in [9.17, 15) is 8.78 Å². The maximum atomic E-state index is 15.1. The Balaban J connectivity index is 1.78. The molecule has 0 aliphatic rings. The fourth-order valence-corrected chi connectivity index (χ4v) is 3.97. The van der Waals surface area contributed by atoms with Crippen LogP contribution in [0.4, 0.5) is 17.6 Å². The van der Waals surface area contributed by atoms with Crippen molar-refractivity contribution in [2.24, 2.45) is 0 Å². The molecule has 4 aromatic carbocycles. The summed E-state index contributed by atoms with van der Waals surface area (Å²) in [6, 6.07) is 21.4. The third kappa shape index (κ3) is 3.78. The molecular formula is C24H14F4S. The lowest BCUT2D eigenvalue weighted by atomic mass is 10.0. The van der Waals surface area contributed by atoms with Gasteiger partial charge < -0.3 is 0 Å². The van der Waals surface area contributed by atoms with Gasteiger partial charge in [-0.3, -0.25) is 0 Å². The maximum Gasteiger partial charge on any atom is 0.147 e. The minimum atomic E-state index is -0.786. The summed E-state index contributed by atoms with van der Waals surface area (Å²) in [6.45, 7) is 0. The quantitative estimate of drug-likeness (QED) is 0.310. The highest BCUT2D eigenvalue weighted by Gasteiger charge is 2.20. The van der Waals surface area contributed by atoms with Gasteiger partial charge in [-0.2, -0.15) is 0 Å². The molecule has 5 heteroatoms. The van der Waals surface area contributed by atoms with Crippen molar-refractivity contribution in [3.05, 3.63) is 108 Å². The molecule has 0 atom stereocenters. The second-order valence-electron chi connectivity index (χ2n) is 6.30. The summed E-state index contributed by atoms with van der Waals surface area (Å²) in [4.78, 5) is 0.101. The Hall–Kier alpha value is -3.05. The normalized spacial score (nSPS) is 10.9. The first-order chi connectivity index (χ1) is 14.1. The first-order valence-electron chi connectivity index (χ1n) is 8.81. The van der Waals surface area contributed by atoms with Crippen molar-refractivity contribution in [1.82, 2.24) is 0 Å². The Kier molecular flexibility index (Phi) is 5.41. The third-order valence-corrected chi connectivity index (χ3v) is 5.53. The highest BCUT2D eigenvalue weighted by atomic mass is 32.2. The predicted octanol–water partition coefficient (Wildman–Crippen LogP) is 7.73. The molecular weight excluding hydrogens is 396 g/mol. The Morgan fingerprint density at radius 3 is 1.21 bits per heavy atom. The van der Waals surface area contributed by atoms with Crippen LogP contribution in [0.2, 0.25) is 0 Å². The van der Waals surface area contributed by atoms with E-state index in [1.54, 1.807) is 60.7 Å². The zero-order valence-electron chi connectivity index (χ0n) is 15.0. The number of halogens is 4. The standard InChI is InChI=1S/C24H14F4S/c25-17-11-13-19(23(27)21(17)15-7-3-1-4-8-15)29-20-14-12-18(26)22(24(20)28)16-9-5-2-6-10-16/h1-14H. The molecule has 29 heavy (non-hydrogen) atoms. The minimum absolute atomic E-state index is 0.0507. The molecule has 0 heterocycles. The SMILES string of the molecule is Fc1ccc(Sc2ccc(F)c(-c3ccccc3)c2F)c(F)c1-c1ccccc1. The van der Waals surface area contributed by atoms with E-state index >= 15 is 8.78 Å². The molecule has 0 bridgehead atoms. The van der Waals surface area contributed by atoms with Gasteiger partial charge in [0.1, 0.15) is 23.3 Å². The minimum Gasteiger partial charge on any atom is -0.206 e. The predicted molar refractivity (Wildman–Crippen MR) is 108 cm³/mol. The van der Waals surface area contributed by atoms with Crippen molar-refractivity contribution >= 4 is 11.8 Å². The Labute approximate surface area is 169 Å². The highest BCUT2D eigenvalue weighted by molar-refractivity contribution is 7.99. The average Bonchev–Trinajstić information content (AvgIpc) is 2.74. The van der Waals surface area contributed by atoms with Gasteiger partial charge in [0.2, 0.25) is 0 Å². The van der Waals surface area contributed by atoms with Crippen LogP contribution in [0.25, 0.3) is 22.3 Å². The lowest BCUT2D eigenvalue weighted by molar-refractivity contribution is 0.568. The van der Waals surface area contributed by atoms with E-state index in [1.807, 2.05) is 0 Å². The van der Waals surface area contributed by atoms with Gasteiger partial charge in [0.15, 0.2) is 0 Å². The van der Waals surface area contributed by atoms with Crippen molar-refractivity contribution in [2.75, 3.05) is 0 Å². The zero-order chi connectivity index (χ0) is 20.4. The van der Waals surface area contributed by atoms with Crippen LogP contribution in [0.1, 0.15) is 0 Å². The summed E-state index contributed by atoms with van der Waals surface area (Å²) in [5.41, 5.74) is 0.409. The van der Waals surface area contributed by atoms with Crippen molar-refractivity contribution < 1.29 is 17.6 Å². The molecule has 0 amide bonds. The molecule has 0 N–H and O–H groups in total. The van der Waals surface area contributed by atoms with Gasteiger partial charge in [0.05, 0.1) is 11.1 Å². The average molecular weight is 410 g/mol. The van der Waals surface area contributed by atoms with Crippen molar-refractivity contribution in [3.63, 3.8) is 0 Å². The van der Waals surface area contributed by atoms with Gasteiger partial charge in [0, 0.05) is 9.79 Å². The number of benzene rings is 4. The smallest absolute Gasteiger partial charge is 0.147 e. The summed E-state index contributed by atoms with van der Waals surface area (Å²) in [5.74, 6) is -2.98. The second-order valence-corrected chi connectivity index (χ2v) is 7.39. The Bertz CT molecular complexity index is 1070. The largest absolute Gasteiger partial charge is 0.206 e. The molecule has 0 unspecified atom stereocenters. The topological polar surface area (TPSA) is 0 Å². The van der Waals surface area contributed by atoms with Crippen LogP contribution in [0.15, 0.2) is 94.7 Å². The number of rotatable bonds is 4. The van der Waals surface area contributed by atoms with E-state index in [1.165, 1.54) is 12.1 Å². The summed E-state index contributed by atoms with van der Waals surface area (Å²) >= 11 is 0.793. The molecule has 0 aromatic heterocycles. The van der Waals surface area contributed by atoms with E-state index in [2.05, 4.69) is 0 Å². The van der Waals surface area contributed by atoms with Crippen molar-refractivity contribution in [1.29, 1.82) is 0 Å². The fraction of sp³-hybridized carbons (Fsp3) is 0. The first-order valence-corrected chi connectivity index (χ1v) is 9.62. The van der Waals surface area contributed by atoms with Crippen LogP contribution in [0.5, 0.6) is 0 Å². The van der Waals surface area contributed by atoms with Crippen LogP contribution < -0.4 is 0 Å². The van der Waals surface area contributed by atoms with Crippen LogP contribution in [-0.4, -0.2) is 0 Å². The maximum absolute atomic E-state index is 15.1. The second kappa shape index (κ2) is 8.13. The molecule has 0 saturated heterocycles. The zero-order valence-corrected chi connectivity index (χ0v) is 15.8. The van der Waals surface area contributed by atoms with Crippen molar-refractivity contribution in [3.8, 4) is 22.3 Å². The summed E-state index contributed by atoms with van der Waals surface area (Å²) in [5, 5.41) is 0. The molecule has 0 saturated carbocycles. The molecule has 0 radical (unpaired) electrons. The van der Waals surface area contributed by atoms with E-state index in [0.717, 1.165) is 23.9 Å². The first kappa shape index (κ1) is 19.3. The molecule has 4 rings (SSSR count). The molecule has 0 aliphatic heterocycles. The van der Waals surface area contributed by atoms with E-state index in [4.69, 9.17) is 0 Å². The van der Waals surface area contributed by atoms with Crippen LogP contribution in [0.3, 0.4) is 0 Å². The molecule has 0 nitrogen and oxygen atoms in total. The molecule has 0 spiro atoms. The van der Waals surface area contributed by atoms with Gasteiger partial charge in [-0.15, -0.1) is 0 Å². The molecule has 0 fully saturated rings. The van der Waals surface area contributed by atoms with E-state index < -0.39 is 23.3 Å². The summed E-state index contributed by atoms with van der Waals surface area (Å²) < 4.78 is 58.8. The van der Waals surface area contributed by atoms with Crippen molar-refractivity contribution in [2.45, 2.75) is 9.79 Å². The van der Waals surface area contributed by atoms with Gasteiger partial charge in [-0.25, -0.2) is 17.6 Å². The molecule has 144 valence electrons. The monoisotopic (exact) mass is 410 g/mol. The van der Waals surface area contributed by atoms with Gasteiger partial charge in [-0.1, -0.05) is 72.4 Å². The third-order valence-electron chi connectivity index (χ3n) is 4.46. The highest BCUT2D eigenvalue weighted by Crippen LogP contribution is 2.39. The van der Waals surface area contributed by atoms with Gasteiger partial charge >= 0.3 is 0 Å². The summed E-state index contributed by atoms with van der Waals surface area (Å²) in [7, 11) is 0. The number of hydrogen-bond acceptors (Lipinski definition) is 1.